The summed E-state index contributed by atoms with van der Waals surface area (Å²) in [4.78, 5) is 25.3. The predicted octanol–water partition coefficient (Wildman–Crippen LogP) is 3.26. The van der Waals surface area contributed by atoms with Crippen molar-refractivity contribution in [2.45, 2.75) is 57.7 Å². The fourth-order valence-electron chi connectivity index (χ4n) is 3.46. The molecule has 2 aromatic heterocycles. The molecule has 0 atom stereocenters. The average molecular weight is 446 g/mol. The molecule has 9 heteroatoms. The SMILES string of the molecule is CCCCCCNC(=O)CSc1nnc2n(CCCOCC)c(=O)c3ccccc3n12. The number of nitrogens with one attached hydrogen (secondary N) is 1. The Morgan fingerprint density at radius 2 is 1.97 bits per heavy atom. The summed E-state index contributed by atoms with van der Waals surface area (Å²) in [6, 6.07) is 7.43. The zero-order chi connectivity index (χ0) is 22.1. The number of carbonyl (C=O) groups excluding carboxylic acids is 1. The molecule has 1 aromatic carbocycles. The van der Waals surface area contributed by atoms with Crippen LogP contribution < -0.4 is 10.9 Å². The van der Waals surface area contributed by atoms with E-state index in [0.717, 1.165) is 18.4 Å². The number of aromatic nitrogens is 4. The van der Waals surface area contributed by atoms with E-state index in [1.807, 2.05) is 35.6 Å². The van der Waals surface area contributed by atoms with Crippen LogP contribution in [-0.2, 0) is 16.1 Å². The number of benzene rings is 1. The normalized spacial score (nSPS) is 11.4. The molecular formula is C22H31N5O3S. The molecule has 0 fully saturated rings. The number of carbonyl (C=O) groups is 1. The van der Waals surface area contributed by atoms with Crippen molar-refractivity contribution in [1.82, 2.24) is 24.5 Å². The number of thioether (sulfide) groups is 1. The maximum atomic E-state index is 13.0. The molecule has 0 spiro atoms. The van der Waals surface area contributed by atoms with Crippen molar-refractivity contribution in [3.63, 3.8) is 0 Å². The third kappa shape index (κ3) is 5.86. The second kappa shape index (κ2) is 11.9. The Bertz CT molecular complexity index is 1060. The molecule has 1 N–H and O–H groups in total. The van der Waals surface area contributed by atoms with Gasteiger partial charge in [0.05, 0.1) is 16.7 Å². The van der Waals surface area contributed by atoms with Gasteiger partial charge in [-0.15, -0.1) is 10.2 Å². The van der Waals surface area contributed by atoms with E-state index in [2.05, 4.69) is 22.4 Å². The van der Waals surface area contributed by atoms with Gasteiger partial charge in [-0.3, -0.25) is 18.6 Å². The van der Waals surface area contributed by atoms with Gasteiger partial charge < -0.3 is 10.1 Å². The Balaban J connectivity index is 1.79. The number of aryl methyl sites for hydroxylation is 1. The number of para-hydroxylation sites is 1. The van der Waals surface area contributed by atoms with Gasteiger partial charge in [-0.2, -0.15) is 0 Å². The summed E-state index contributed by atoms with van der Waals surface area (Å²) in [5.41, 5.74) is 0.657. The smallest absolute Gasteiger partial charge is 0.262 e. The topological polar surface area (TPSA) is 90.5 Å². The van der Waals surface area contributed by atoms with Gasteiger partial charge in [0, 0.05) is 26.3 Å². The lowest BCUT2D eigenvalue weighted by atomic mass is 10.2. The van der Waals surface area contributed by atoms with Crippen molar-refractivity contribution in [2.75, 3.05) is 25.5 Å². The molecule has 8 nitrogen and oxygen atoms in total. The first-order valence-electron chi connectivity index (χ1n) is 11.0. The van der Waals surface area contributed by atoms with E-state index >= 15 is 0 Å². The number of rotatable bonds is 13. The zero-order valence-corrected chi connectivity index (χ0v) is 19.1. The molecule has 0 radical (unpaired) electrons. The van der Waals surface area contributed by atoms with Crippen molar-refractivity contribution < 1.29 is 9.53 Å². The molecule has 168 valence electrons. The van der Waals surface area contributed by atoms with Crippen LogP contribution in [0.5, 0.6) is 0 Å². The monoisotopic (exact) mass is 445 g/mol. The Morgan fingerprint density at radius 3 is 2.77 bits per heavy atom. The molecule has 3 aromatic rings. The van der Waals surface area contributed by atoms with Crippen LogP contribution in [-0.4, -0.2) is 50.6 Å². The second-order valence-corrected chi connectivity index (χ2v) is 8.28. The molecule has 1 amide bonds. The van der Waals surface area contributed by atoms with Crippen molar-refractivity contribution in [2.24, 2.45) is 0 Å². The highest BCUT2D eigenvalue weighted by atomic mass is 32.2. The van der Waals surface area contributed by atoms with Crippen LogP contribution in [0.3, 0.4) is 0 Å². The number of fused-ring (bicyclic) bond motifs is 3. The standard InChI is InChI=1S/C22H31N5O3S/c1-3-5-6-9-13-23-19(28)16-31-22-25-24-21-26(14-10-15-30-4-2)20(29)17-11-7-8-12-18(17)27(21)22/h7-8,11-12H,3-6,9-10,13-16H2,1-2H3,(H,23,28). The highest BCUT2D eigenvalue weighted by Crippen LogP contribution is 2.21. The number of nitrogens with zero attached hydrogens (tertiary/aromatic N) is 4. The fourth-order valence-corrected chi connectivity index (χ4v) is 4.23. The van der Waals surface area contributed by atoms with Crippen molar-refractivity contribution in [3.05, 3.63) is 34.6 Å². The third-order valence-electron chi connectivity index (χ3n) is 5.04. The van der Waals surface area contributed by atoms with E-state index < -0.39 is 0 Å². The number of hydrogen-bond donors (Lipinski definition) is 1. The molecule has 0 aliphatic heterocycles. The molecule has 0 aliphatic carbocycles. The molecule has 0 bridgehead atoms. The van der Waals surface area contributed by atoms with Crippen molar-refractivity contribution >= 4 is 34.3 Å². The second-order valence-electron chi connectivity index (χ2n) is 7.34. The van der Waals surface area contributed by atoms with E-state index in [9.17, 15) is 9.59 Å². The molecular weight excluding hydrogens is 414 g/mol. The van der Waals surface area contributed by atoms with Gasteiger partial charge in [-0.1, -0.05) is 50.1 Å². The first-order chi connectivity index (χ1) is 15.2. The largest absolute Gasteiger partial charge is 0.382 e. The highest BCUT2D eigenvalue weighted by Gasteiger charge is 2.17. The summed E-state index contributed by atoms with van der Waals surface area (Å²) in [6.07, 6.45) is 5.20. The highest BCUT2D eigenvalue weighted by molar-refractivity contribution is 7.99. The zero-order valence-electron chi connectivity index (χ0n) is 18.3. The molecule has 0 saturated heterocycles. The first-order valence-corrected chi connectivity index (χ1v) is 12.0. The maximum absolute atomic E-state index is 13.0. The van der Waals surface area contributed by atoms with E-state index in [0.29, 0.717) is 49.0 Å². The Morgan fingerprint density at radius 1 is 1.13 bits per heavy atom. The van der Waals surface area contributed by atoms with Gasteiger partial charge in [0.1, 0.15) is 0 Å². The van der Waals surface area contributed by atoms with Crippen molar-refractivity contribution in [1.29, 1.82) is 0 Å². The van der Waals surface area contributed by atoms with Crippen LogP contribution in [0.15, 0.2) is 34.2 Å². The number of ether oxygens (including phenoxy) is 1. The lowest BCUT2D eigenvalue weighted by molar-refractivity contribution is -0.118. The van der Waals surface area contributed by atoms with Gasteiger partial charge in [0.15, 0.2) is 5.16 Å². The van der Waals surface area contributed by atoms with E-state index in [1.54, 1.807) is 4.57 Å². The first kappa shape index (κ1) is 23.3. The average Bonchev–Trinajstić information content (AvgIpc) is 3.21. The number of unbranched alkanes of at least 4 members (excludes halogenated alkanes) is 3. The molecule has 2 heterocycles. The van der Waals surface area contributed by atoms with Gasteiger partial charge in [0.25, 0.3) is 5.56 Å². The van der Waals surface area contributed by atoms with Crippen LogP contribution in [0.25, 0.3) is 16.7 Å². The van der Waals surface area contributed by atoms with Gasteiger partial charge in [-0.25, -0.2) is 0 Å². The minimum Gasteiger partial charge on any atom is -0.382 e. The summed E-state index contributed by atoms with van der Waals surface area (Å²) in [7, 11) is 0. The summed E-state index contributed by atoms with van der Waals surface area (Å²) in [5, 5.41) is 12.7. The van der Waals surface area contributed by atoms with Crippen LogP contribution in [0.4, 0.5) is 0 Å². The van der Waals surface area contributed by atoms with Crippen molar-refractivity contribution in [3.8, 4) is 0 Å². The maximum Gasteiger partial charge on any atom is 0.262 e. The lowest BCUT2D eigenvalue weighted by Gasteiger charge is -2.11. The summed E-state index contributed by atoms with van der Waals surface area (Å²) >= 11 is 1.33. The summed E-state index contributed by atoms with van der Waals surface area (Å²) in [6.45, 7) is 6.53. The summed E-state index contributed by atoms with van der Waals surface area (Å²) < 4.78 is 8.93. The molecule has 0 unspecified atom stereocenters. The van der Waals surface area contributed by atoms with Crippen LogP contribution in [0.1, 0.15) is 46.0 Å². The van der Waals surface area contributed by atoms with Gasteiger partial charge in [-0.05, 0) is 31.9 Å². The molecule has 0 saturated carbocycles. The minimum absolute atomic E-state index is 0.0208. The molecule has 31 heavy (non-hydrogen) atoms. The molecule has 3 rings (SSSR count). The quantitative estimate of drug-likeness (QED) is 0.321. The number of amides is 1. The third-order valence-corrected chi connectivity index (χ3v) is 5.97. The lowest BCUT2D eigenvalue weighted by Crippen LogP contribution is -2.26. The van der Waals surface area contributed by atoms with Gasteiger partial charge >= 0.3 is 0 Å². The van der Waals surface area contributed by atoms with E-state index in [4.69, 9.17) is 4.74 Å². The van der Waals surface area contributed by atoms with Gasteiger partial charge in [0.2, 0.25) is 11.7 Å². The molecule has 0 aliphatic rings. The van der Waals surface area contributed by atoms with E-state index in [-0.39, 0.29) is 17.2 Å². The Hall–Kier alpha value is -2.39. The number of hydrogen-bond acceptors (Lipinski definition) is 6. The fraction of sp³-hybridized carbons (Fsp3) is 0.545. The Labute approximate surface area is 186 Å². The Kier molecular flexibility index (Phi) is 8.90. The van der Waals surface area contributed by atoms with Crippen LogP contribution in [0, 0.1) is 0 Å². The van der Waals surface area contributed by atoms with Crippen LogP contribution >= 0.6 is 11.8 Å². The predicted molar refractivity (Wildman–Crippen MR) is 124 cm³/mol. The van der Waals surface area contributed by atoms with E-state index in [1.165, 1.54) is 24.6 Å². The minimum atomic E-state index is -0.0895. The summed E-state index contributed by atoms with van der Waals surface area (Å²) in [5.74, 6) is 0.724. The van der Waals surface area contributed by atoms with Crippen LogP contribution in [0.2, 0.25) is 0 Å².